The summed E-state index contributed by atoms with van der Waals surface area (Å²) in [5.74, 6) is -0.164. The monoisotopic (exact) mass is 538 g/mol. The third-order valence-electron chi connectivity index (χ3n) is 5.16. The zero-order valence-corrected chi connectivity index (χ0v) is 20.4. The van der Waals surface area contributed by atoms with Gasteiger partial charge in [0, 0.05) is 22.0 Å². The van der Waals surface area contributed by atoms with Crippen molar-refractivity contribution in [3.05, 3.63) is 108 Å². The number of hydrogen-bond acceptors (Lipinski definition) is 6. The van der Waals surface area contributed by atoms with Crippen LogP contribution in [0.1, 0.15) is 36.7 Å². The Morgan fingerprint density at radius 3 is 2.69 bits per heavy atom. The quantitative estimate of drug-likeness (QED) is 0.168. The summed E-state index contributed by atoms with van der Waals surface area (Å²) in [7, 11) is 0. The van der Waals surface area contributed by atoms with Crippen LogP contribution in [0.2, 0.25) is 0 Å². The van der Waals surface area contributed by atoms with E-state index in [1.165, 1.54) is 41.2 Å². The number of nitro benzene ring substituents is 1. The molecule has 0 fully saturated rings. The van der Waals surface area contributed by atoms with Crippen LogP contribution in [0.5, 0.6) is 5.75 Å². The number of nitro groups is 1. The number of benzene rings is 3. The second kappa shape index (κ2) is 10.1. The number of ether oxygens (including phenoxy) is 1. The molecule has 4 aromatic rings. The topological polar surface area (TPSA) is 99.6 Å². The molecule has 8 nitrogen and oxygen atoms in total. The molecule has 1 aromatic heterocycles. The van der Waals surface area contributed by atoms with Crippen LogP contribution < -0.4 is 10.3 Å². The summed E-state index contributed by atoms with van der Waals surface area (Å²) in [5.41, 5.74) is 0.689. The van der Waals surface area contributed by atoms with Gasteiger partial charge in [0.05, 0.1) is 22.0 Å². The molecule has 0 aliphatic rings. The van der Waals surface area contributed by atoms with Crippen molar-refractivity contribution in [2.45, 2.75) is 26.4 Å². The number of para-hydroxylation sites is 1. The maximum Gasteiger partial charge on any atom is 0.311 e. The van der Waals surface area contributed by atoms with Gasteiger partial charge in [0.25, 0.3) is 5.56 Å². The number of aromatic nitrogens is 2. The number of halogens is 2. The predicted octanol–water partition coefficient (Wildman–Crippen LogP) is 5.79. The number of rotatable bonds is 7. The molecular weight excluding hydrogens is 519 g/mol. The van der Waals surface area contributed by atoms with Crippen LogP contribution in [0.4, 0.5) is 10.1 Å². The summed E-state index contributed by atoms with van der Waals surface area (Å²) in [6.45, 7) is 3.69. The zero-order valence-electron chi connectivity index (χ0n) is 18.8. The molecule has 178 valence electrons. The molecule has 3 aromatic carbocycles. The minimum Gasteiger partial charge on any atom is -0.481 e. The van der Waals surface area contributed by atoms with Crippen LogP contribution in [0.15, 0.2) is 75.0 Å². The van der Waals surface area contributed by atoms with E-state index in [9.17, 15) is 19.3 Å². The Labute approximate surface area is 208 Å². The third-order valence-corrected chi connectivity index (χ3v) is 5.65. The molecule has 4 rings (SSSR count). The highest BCUT2D eigenvalue weighted by molar-refractivity contribution is 9.10. The van der Waals surface area contributed by atoms with Gasteiger partial charge in [-0.1, -0.05) is 48.0 Å². The lowest BCUT2D eigenvalue weighted by Gasteiger charge is -2.13. The van der Waals surface area contributed by atoms with Crippen molar-refractivity contribution < 1.29 is 14.1 Å². The van der Waals surface area contributed by atoms with Crippen LogP contribution in [-0.4, -0.2) is 20.8 Å². The van der Waals surface area contributed by atoms with Crippen molar-refractivity contribution >= 4 is 38.7 Å². The molecule has 0 bridgehead atoms. The van der Waals surface area contributed by atoms with Gasteiger partial charge < -0.3 is 4.74 Å². The van der Waals surface area contributed by atoms with Gasteiger partial charge in [-0.25, -0.2) is 9.37 Å². The van der Waals surface area contributed by atoms with Crippen molar-refractivity contribution in [3.8, 4) is 5.75 Å². The molecular formula is C25H20BrFN4O4. The molecule has 0 radical (unpaired) electrons. The van der Waals surface area contributed by atoms with Gasteiger partial charge in [0.2, 0.25) is 5.75 Å². The van der Waals surface area contributed by atoms with Crippen LogP contribution in [0.3, 0.4) is 0 Å². The van der Waals surface area contributed by atoms with E-state index in [4.69, 9.17) is 4.74 Å². The summed E-state index contributed by atoms with van der Waals surface area (Å²) in [5, 5.41) is 16.4. The van der Waals surface area contributed by atoms with E-state index in [2.05, 4.69) is 26.0 Å². The summed E-state index contributed by atoms with van der Waals surface area (Å²) in [6, 6.07) is 15.4. The molecule has 0 N–H and O–H groups in total. The standard InChI is InChI=1S/C25H20BrFN4O4/c1-15(2)24-29-21-10-9-18(26)12-20(21)25(32)30(24)28-13-17-6-4-8-22(31(33)34)23(17)35-14-16-5-3-7-19(27)11-16/h3-13,15H,14H2,1-2H3. The number of nitrogens with zero attached hydrogens (tertiary/aromatic N) is 4. The van der Waals surface area contributed by atoms with Crippen molar-refractivity contribution in [2.24, 2.45) is 5.10 Å². The average molecular weight is 539 g/mol. The van der Waals surface area contributed by atoms with Crippen molar-refractivity contribution in [2.75, 3.05) is 0 Å². The van der Waals surface area contributed by atoms with Crippen LogP contribution in [0, 0.1) is 15.9 Å². The Morgan fingerprint density at radius 1 is 1.20 bits per heavy atom. The smallest absolute Gasteiger partial charge is 0.311 e. The Morgan fingerprint density at radius 2 is 1.97 bits per heavy atom. The molecule has 0 spiro atoms. The highest BCUT2D eigenvalue weighted by Crippen LogP contribution is 2.31. The molecule has 1 heterocycles. The van der Waals surface area contributed by atoms with Crippen LogP contribution in [0.25, 0.3) is 10.9 Å². The largest absolute Gasteiger partial charge is 0.481 e. The van der Waals surface area contributed by atoms with E-state index in [1.54, 1.807) is 30.3 Å². The Hall–Kier alpha value is -3.92. The number of hydrogen-bond donors (Lipinski definition) is 0. The average Bonchev–Trinajstić information content (AvgIpc) is 2.82. The highest BCUT2D eigenvalue weighted by atomic mass is 79.9. The first-order valence-corrected chi connectivity index (χ1v) is 11.4. The summed E-state index contributed by atoms with van der Waals surface area (Å²) in [6.07, 6.45) is 1.33. The lowest BCUT2D eigenvalue weighted by atomic mass is 10.1. The lowest BCUT2D eigenvalue weighted by molar-refractivity contribution is -0.385. The second-order valence-electron chi connectivity index (χ2n) is 8.02. The van der Waals surface area contributed by atoms with Crippen molar-refractivity contribution in [1.29, 1.82) is 0 Å². The van der Waals surface area contributed by atoms with Gasteiger partial charge in [-0.3, -0.25) is 14.9 Å². The van der Waals surface area contributed by atoms with Gasteiger partial charge in [-0.15, -0.1) is 0 Å². The molecule has 0 amide bonds. The minimum absolute atomic E-state index is 0.0406. The van der Waals surface area contributed by atoms with Gasteiger partial charge in [0.1, 0.15) is 18.2 Å². The normalized spacial score (nSPS) is 11.5. The highest BCUT2D eigenvalue weighted by Gasteiger charge is 2.19. The van der Waals surface area contributed by atoms with E-state index in [0.29, 0.717) is 22.3 Å². The van der Waals surface area contributed by atoms with E-state index in [-0.39, 0.29) is 35.1 Å². The Kier molecular flexibility index (Phi) is 7.02. The van der Waals surface area contributed by atoms with Gasteiger partial charge in [-0.2, -0.15) is 9.78 Å². The van der Waals surface area contributed by atoms with Crippen molar-refractivity contribution in [3.63, 3.8) is 0 Å². The predicted molar refractivity (Wildman–Crippen MR) is 135 cm³/mol. The zero-order chi connectivity index (χ0) is 25.1. The van der Waals surface area contributed by atoms with E-state index in [0.717, 1.165) is 4.47 Å². The third kappa shape index (κ3) is 5.27. The first kappa shape index (κ1) is 24.2. The molecule has 0 atom stereocenters. The molecule has 0 aliphatic carbocycles. The van der Waals surface area contributed by atoms with E-state index in [1.807, 2.05) is 13.8 Å². The summed E-state index contributed by atoms with van der Waals surface area (Å²) < 4.78 is 21.2. The fourth-order valence-corrected chi connectivity index (χ4v) is 3.86. The van der Waals surface area contributed by atoms with Crippen molar-refractivity contribution in [1.82, 2.24) is 9.66 Å². The first-order valence-electron chi connectivity index (χ1n) is 10.7. The SMILES string of the molecule is CC(C)c1nc2ccc(Br)cc2c(=O)n1N=Cc1cccc([N+](=O)[O-])c1OCc1cccc(F)c1. The second-order valence-corrected chi connectivity index (χ2v) is 8.93. The fourth-order valence-electron chi connectivity index (χ4n) is 3.50. The van der Waals surface area contributed by atoms with Gasteiger partial charge in [-0.05, 0) is 42.0 Å². The van der Waals surface area contributed by atoms with E-state index < -0.39 is 10.7 Å². The maximum atomic E-state index is 13.5. The Bertz CT molecular complexity index is 1520. The summed E-state index contributed by atoms with van der Waals surface area (Å²) in [4.78, 5) is 28.9. The molecule has 0 unspecified atom stereocenters. The Balaban J connectivity index is 1.79. The maximum absolute atomic E-state index is 13.5. The lowest BCUT2D eigenvalue weighted by Crippen LogP contribution is -2.23. The first-order chi connectivity index (χ1) is 16.7. The minimum atomic E-state index is -0.570. The summed E-state index contributed by atoms with van der Waals surface area (Å²) >= 11 is 3.37. The van der Waals surface area contributed by atoms with Gasteiger partial charge >= 0.3 is 5.69 Å². The molecule has 0 saturated carbocycles. The molecule has 35 heavy (non-hydrogen) atoms. The fraction of sp³-hybridized carbons (Fsp3) is 0.160. The van der Waals surface area contributed by atoms with Crippen LogP contribution in [-0.2, 0) is 6.61 Å². The molecule has 10 heteroatoms. The van der Waals surface area contributed by atoms with E-state index >= 15 is 0 Å². The molecule has 0 saturated heterocycles. The molecule has 0 aliphatic heterocycles. The van der Waals surface area contributed by atoms with Crippen LogP contribution >= 0.6 is 15.9 Å². The van der Waals surface area contributed by atoms with Gasteiger partial charge in [0.15, 0.2) is 0 Å². The number of fused-ring (bicyclic) bond motifs is 1.